The van der Waals surface area contributed by atoms with Crippen molar-refractivity contribution in [3.8, 4) is 0 Å². The van der Waals surface area contributed by atoms with E-state index in [4.69, 9.17) is 12.2 Å². The number of nitrogens with zero attached hydrogens (tertiary/aromatic N) is 4. The fourth-order valence-electron chi connectivity index (χ4n) is 2.60. The van der Waals surface area contributed by atoms with Gasteiger partial charge in [-0.1, -0.05) is 19.1 Å². The zero-order valence-electron chi connectivity index (χ0n) is 13.6. The molecule has 2 heterocycles. The summed E-state index contributed by atoms with van der Waals surface area (Å²) >= 11 is 8.91. The Bertz CT molecular complexity index is 681. The number of piperazine rings is 1. The zero-order chi connectivity index (χ0) is 16.9. The van der Waals surface area contributed by atoms with E-state index in [1.165, 1.54) is 5.56 Å². The predicted octanol–water partition coefficient (Wildman–Crippen LogP) is 3.32. The minimum absolute atomic E-state index is 0.770. The topological polar surface area (TPSA) is 44.3 Å². The second-order valence-electron chi connectivity index (χ2n) is 5.66. The molecule has 5 nitrogen and oxygen atoms in total. The molecular weight excluding hydrogens is 386 g/mol. The van der Waals surface area contributed by atoms with Crippen LogP contribution < -0.4 is 10.2 Å². The molecule has 0 amide bonds. The lowest BCUT2D eigenvalue weighted by Crippen LogP contribution is -2.50. The van der Waals surface area contributed by atoms with Crippen molar-refractivity contribution in [2.75, 3.05) is 36.4 Å². The molecule has 24 heavy (non-hydrogen) atoms. The fraction of sp³-hybridized carbons (Fsp3) is 0.353. The van der Waals surface area contributed by atoms with Gasteiger partial charge in [0.05, 0.1) is 4.47 Å². The van der Waals surface area contributed by atoms with Crippen molar-refractivity contribution in [3.05, 3.63) is 46.7 Å². The summed E-state index contributed by atoms with van der Waals surface area (Å²) in [5.74, 6) is 0.770. The van der Waals surface area contributed by atoms with Gasteiger partial charge in [-0.25, -0.2) is 9.97 Å². The molecule has 0 spiro atoms. The average molecular weight is 406 g/mol. The Hall–Kier alpha value is -1.73. The normalized spacial score (nSPS) is 14.6. The van der Waals surface area contributed by atoms with Crippen LogP contribution in [0.5, 0.6) is 0 Å². The third-order valence-electron chi connectivity index (χ3n) is 4.07. The minimum Gasteiger partial charge on any atom is -0.345 e. The first kappa shape index (κ1) is 17.1. The number of anilines is 2. The molecule has 1 aliphatic rings. The Morgan fingerprint density at radius 3 is 2.33 bits per heavy atom. The first-order valence-electron chi connectivity index (χ1n) is 8.03. The van der Waals surface area contributed by atoms with Gasteiger partial charge in [0.25, 0.3) is 0 Å². The second kappa shape index (κ2) is 7.90. The summed E-state index contributed by atoms with van der Waals surface area (Å²) in [5.41, 5.74) is 2.37. The van der Waals surface area contributed by atoms with Crippen LogP contribution in [0.4, 0.5) is 11.6 Å². The van der Waals surface area contributed by atoms with Crippen LogP contribution in [-0.2, 0) is 6.42 Å². The van der Waals surface area contributed by atoms with Crippen molar-refractivity contribution >= 4 is 44.9 Å². The van der Waals surface area contributed by atoms with Gasteiger partial charge in [-0.3, -0.25) is 0 Å². The molecule has 0 saturated carbocycles. The Morgan fingerprint density at radius 1 is 1.12 bits per heavy atom. The summed E-state index contributed by atoms with van der Waals surface area (Å²) in [5, 5.41) is 4.10. The van der Waals surface area contributed by atoms with Crippen molar-refractivity contribution in [1.82, 2.24) is 14.9 Å². The van der Waals surface area contributed by atoms with E-state index in [1.54, 1.807) is 12.4 Å². The summed E-state index contributed by atoms with van der Waals surface area (Å²) < 4.78 is 0.893. The van der Waals surface area contributed by atoms with E-state index < -0.39 is 0 Å². The van der Waals surface area contributed by atoms with Gasteiger partial charge in [0, 0.05) is 44.3 Å². The van der Waals surface area contributed by atoms with Gasteiger partial charge in [-0.05, 0) is 52.3 Å². The quantitative estimate of drug-likeness (QED) is 0.790. The highest BCUT2D eigenvalue weighted by Crippen LogP contribution is 2.15. The molecule has 1 saturated heterocycles. The number of hydrogen-bond acceptors (Lipinski definition) is 4. The van der Waals surface area contributed by atoms with Crippen molar-refractivity contribution in [2.24, 2.45) is 0 Å². The van der Waals surface area contributed by atoms with E-state index in [0.717, 1.165) is 53.8 Å². The first-order chi connectivity index (χ1) is 11.7. The number of rotatable bonds is 3. The van der Waals surface area contributed by atoms with E-state index >= 15 is 0 Å². The molecule has 1 aromatic heterocycles. The number of aryl methyl sites for hydroxylation is 1. The van der Waals surface area contributed by atoms with Crippen molar-refractivity contribution in [1.29, 1.82) is 0 Å². The second-order valence-corrected chi connectivity index (χ2v) is 6.96. The van der Waals surface area contributed by atoms with Gasteiger partial charge < -0.3 is 15.1 Å². The highest BCUT2D eigenvalue weighted by molar-refractivity contribution is 9.10. The number of thiocarbonyl (C=S) groups is 1. The Morgan fingerprint density at radius 2 is 1.75 bits per heavy atom. The summed E-state index contributed by atoms with van der Waals surface area (Å²) in [7, 11) is 0. The van der Waals surface area contributed by atoms with Crippen LogP contribution in [0.25, 0.3) is 0 Å². The molecule has 7 heteroatoms. The maximum absolute atomic E-state index is 5.55. The van der Waals surface area contributed by atoms with Crippen LogP contribution in [0.1, 0.15) is 12.5 Å². The maximum atomic E-state index is 5.55. The van der Waals surface area contributed by atoms with E-state index in [1.807, 2.05) is 0 Å². The molecule has 1 fully saturated rings. The van der Waals surface area contributed by atoms with Crippen LogP contribution in [-0.4, -0.2) is 46.2 Å². The van der Waals surface area contributed by atoms with Gasteiger partial charge in [-0.2, -0.15) is 0 Å². The lowest BCUT2D eigenvalue weighted by Gasteiger charge is -2.36. The molecular formula is C17H20BrN5S. The van der Waals surface area contributed by atoms with E-state index in [0.29, 0.717) is 0 Å². The van der Waals surface area contributed by atoms with Crippen LogP contribution in [0, 0.1) is 0 Å². The Balaban J connectivity index is 1.53. The highest BCUT2D eigenvalue weighted by atomic mass is 79.9. The molecule has 3 rings (SSSR count). The zero-order valence-corrected chi connectivity index (χ0v) is 16.0. The molecule has 0 atom stereocenters. The van der Waals surface area contributed by atoms with Crippen LogP contribution in [0.2, 0.25) is 0 Å². The standard InChI is InChI=1S/C17H20BrN5S/c1-2-13-3-5-15(6-4-13)21-17(24)23-9-7-22(8-10-23)16-19-11-14(18)12-20-16/h3-6,11-12H,2,7-10H2,1H3,(H,21,24). The summed E-state index contributed by atoms with van der Waals surface area (Å²) in [6.45, 7) is 5.59. The van der Waals surface area contributed by atoms with E-state index in [-0.39, 0.29) is 0 Å². The average Bonchev–Trinajstić information content (AvgIpc) is 2.63. The maximum Gasteiger partial charge on any atom is 0.225 e. The van der Waals surface area contributed by atoms with Gasteiger partial charge >= 0.3 is 0 Å². The first-order valence-corrected chi connectivity index (χ1v) is 9.23. The summed E-state index contributed by atoms with van der Waals surface area (Å²) in [4.78, 5) is 13.1. The number of nitrogens with one attached hydrogen (secondary N) is 1. The summed E-state index contributed by atoms with van der Waals surface area (Å²) in [6, 6.07) is 8.43. The van der Waals surface area contributed by atoms with Gasteiger partial charge in [0.2, 0.25) is 5.95 Å². The molecule has 0 unspecified atom stereocenters. The minimum atomic E-state index is 0.770. The number of hydrogen-bond donors (Lipinski definition) is 1. The summed E-state index contributed by atoms with van der Waals surface area (Å²) in [6.07, 6.45) is 4.60. The molecule has 126 valence electrons. The SMILES string of the molecule is CCc1ccc(NC(=S)N2CCN(c3ncc(Br)cn3)CC2)cc1. The van der Waals surface area contributed by atoms with E-state index in [2.05, 4.69) is 72.2 Å². The number of halogens is 1. The molecule has 0 bridgehead atoms. The molecule has 1 N–H and O–H groups in total. The van der Waals surface area contributed by atoms with Crippen LogP contribution in [0.3, 0.4) is 0 Å². The number of aromatic nitrogens is 2. The highest BCUT2D eigenvalue weighted by Gasteiger charge is 2.20. The number of benzene rings is 1. The van der Waals surface area contributed by atoms with Crippen molar-refractivity contribution in [3.63, 3.8) is 0 Å². The fourth-order valence-corrected chi connectivity index (χ4v) is 3.11. The molecule has 1 aromatic carbocycles. The largest absolute Gasteiger partial charge is 0.345 e. The van der Waals surface area contributed by atoms with E-state index in [9.17, 15) is 0 Å². The molecule has 1 aliphatic heterocycles. The molecule has 0 aliphatic carbocycles. The lowest BCUT2D eigenvalue weighted by atomic mass is 10.1. The van der Waals surface area contributed by atoms with Crippen molar-refractivity contribution in [2.45, 2.75) is 13.3 Å². The Labute approximate surface area is 156 Å². The van der Waals surface area contributed by atoms with Gasteiger partial charge in [0.15, 0.2) is 5.11 Å². The molecule has 0 radical (unpaired) electrons. The van der Waals surface area contributed by atoms with Crippen molar-refractivity contribution < 1.29 is 0 Å². The van der Waals surface area contributed by atoms with Crippen LogP contribution >= 0.6 is 28.1 Å². The van der Waals surface area contributed by atoms with Gasteiger partial charge in [0.1, 0.15) is 0 Å². The third-order valence-corrected chi connectivity index (χ3v) is 4.84. The predicted molar refractivity (Wildman–Crippen MR) is 106 cm³/mol. The smallest absolute Gasteiger partial charge is 0.225 e. The van der Waals surface area contributed by atoms with Gasteiger partial charge in [-0.15, -0.1) is 0 Å². The Kier molecular flexibility index (Phi) is 5.63. The lowest BCUT2D eigenvalue weighted by molar-refractivity contribution is 0.388. The monoisotopic (exact) mass is 405 g/mol. The molecule has 2 aromatic rings. The third kappa shape index (κ3) is 4.21. The van der Waals surface area contributed by atoms with Crippen LogP contribution in [0.15, 0.2) is 41.1 Å².